The van der Waals surface area contributed by atoms with E-state index in [1.807, 2.05) is 0 Å². The summed E-state index contributed by atoms with van der Waals surface area (Å²) in [4.78, 5) is 2.28. The Hall–Kier alpha value is -0.860. The molecule has 0 unspecified atom stereocenters. The highest BCUT2D eigenvalue weighted by atomic mass is 35.5. The SMILES string of the molecule is COc1ccc(Cl)cc1S(=O)(=O)N(C)CCN1CCOCC1. The van der Waals surface area contributed by atoms with E-state index in [1.165, 1.54) is 17.5 Å². The molecule has 0 atom stereocenters. The quantitative estimate of drug-likeness (QED) is 0.775. The molecule has 0 saturated carbocycles. The Bertz CT molecular complexity index is 603. The van der Waals surface area contributed by atoms with Gasteiger partial charge in [-0.05, 0) is 18.2 Å². The molecule has 1 heterocycles. The van der Waals surface area contributed by atoms with Gasteiger partial charge in [-0.1, -0.05) is 11.6 Å². The van der Waals surface area contributed by atoms with Crippen molar-refractivity contribution in [3.63, 3.8) is 0 Å². The number of nitrogens with zero attached hydrogens (tertiary/aromatic N) is 2. The lowest BCUT2D eigenvalue weighted by atomic mass is 10.3. The van der Waals surface area contributed by atoms with E-state index in [-0.39, 0.29) is 4.90 Å². The zero-order valence-corrected chi connectivity index (χ0v) is 14.4. The van der Waals surface area contributed by atoms with Crippen LogP contribution < -0.4 is 4.74 Å². The van der Waals surface area contributed by atoms with Gasteiger partial charge in [0.1, 0.15) is 10.6 Å². The molecule has 1 aliphatic heterocycles. The smallest absolute Gasteiger partial charge is 0.246 e. The van der Waals surface area contributed by atoms with Gasteiger partial charge in [0, 0.05) is 38.2 Å². The van der Waals surface area contributed by atoms with Crippen LogP contribution in [-0.4, -0.2) is 71.2 Å². The van der Waals surface area contributed by atoms with Crippen molar-refractivity contribution >= 4 is 21.6 Å². The first kappa shape index (κ1) is 17.5. The molecule has 0 amide bonds. The second-order valence-electron chi connectivity index (χ2n) is 5.08. The third-order valence-electron chi connectivity index (χ3n) is 3.65. The van der Waals surface area contributed by atoms with Gasteiger partial charge in [-0.25, -0.2) is 8.42 Å². The number of halogens is 1. The number of morpholine rings is 1. The minimum absolute atomic E-state index is 0.0898. The maximum absolute atomic E-state index is 12.7. The number of likely N-dealkylation sites (N-methyl/N-ethyl adjacent to an activating group) is 1. The van der Waals surface area contributed by atoms with E-state index in [0.29, 0.717) is 37.1 Å². The molecule has 6 nitrogen and oxygen atoms in total. The van der Waals surface area contributed by atoms with Crippen molar-refractivity contribution in [2.45, 2.75) is 4.90 Å². The van der Waals surface area contributed by atoms with Gasteiger partial charge in [-0.2, -0.15) is 4.31 Å². The van der Waals surface area contributed by atoms with Crippen LogP contribution in [0.4, 0.5) is 0 Å². The summed E-state index contributed by atoms with van der Waals surface area (Å²) in [5.41, 5.74) is 0. The molecule has 0 N–H and O–H groups in total. The Morgan fingerprint density at radius 2 is 2.05 bits per heavy atom. The molecule has 22 heavy (non-hydrogen) atoms. The van der Waals surface area contributed by atoms with Crippen LogP contribution in [-0.2, 0) is 14.8 Å². The Morgan fingerprint density at radius 3 is 2.68 bits per heavy atom. The summed E-state index contributed by atoms with van der Waals surface area (Å²) in [6, 6.07) is 4.58. The topological polar surface area (TPSA) is 59.1 Å². The molecule has 8 heteroatoms. The van der Waals surface area contributed by atoms with Crippen LogP contribution in [0.15, 0.2) is 23.1 Å². The van der Waals surface area contributed by atoms with Crippen LogP contribution in [0.1, 0.15) is 0 Å². The minimum atomic E-state index is -3.64. The van der Waals surface area contributed by atoms with E-state index in [2.05, 4.69) is 4.90 Å². The standard InChI is InChI=1S/C14H21ClN2O4S/c1-16(5-6-17-7-9-21-10-8-17)22(18,19)14-11-12(15)3-4-13(14)20-2/h3-4,11H,5-10H2,1-2H3. The molecule has 1 aromatic rings. The van der Waals surface area contributed by atoms with Crippen molar-refractivity contribution in [3.8, 4) is 5.75 Å². The molecular weight excluding hydrogens is 328 g/mol. The number of methoxy groups -OCH3 is 1. The van der Waals surface area contributed by atoms with Crippen molar-refractivity contribution < 1.29 is 17.9 Å². The monoisotopic (exact) mass is 348 g/mol. The maximum atomic E-state index is 12.7. The second kappa shape index (κ2) is 7.61. The number of sulfonamides is 1. The maximum Gasteiger partial charge on any atom is 0.246 e. The van der Waals surface area contributed by atoms with Gasteiger partial charge in [-0.15, -0.1) is 0 Å². The van der Waals surface area contributed by atoms with Crippen LogP contribution in [0, 0.1) is 0 Å². The molecule has 0 aliphatic carbocycles. The van der Waals surface area contributed by atoms with Gasteiger partial charge in [0.2, 0.25) is 10.0 Å². The fourth-order valence-corrected chi connectivity index (χ4v) is 3.82. The Labute approximate surface area is 136 Å². The summed E-state index contributed by atoms with van der Waals surface area (Å²) < 4.78 is 37.1. The average Bonchev–Trinajstić information content (AvgIpc) is 2.53. The Kier molecular flexibility index (Phi) is 6.05. The molecule has 2 rings (SSSR count). The first-order valence-corrected chi connectivity index (χ1v) is 8.87. The highest BCUT2D eigenvalue weighted by Gasteiger charge is 2.25. The third-order valence-corrected chi connectivity index (χ3v) is 5.76. The molecule has 0 aromatic heterocycles. The predicted octanol–water partition coefficient (Wildman–Crippen LogP) is 1.30. The van der Waals surface area contributed by atoms with E-state index in [1.54, 1.807) is 19.2 Å². The third kappa shape index (κ3) is 4.11. The lowest BCUT2D eigenvalue weighted by molar-refractivity contribution is 0.0368. The summed E-state index contributed by atoms with van der Waals surface area (Å²) in [5, 5.41) is 0.362. The van der Waals surface area contributed by atoms with Crippen molar-refractivity contribution in [2.75, 3.05) is 53.6 Å². The molecule has 124 valence electrons. The van der Waals surface area contributed by atoms with Gasteiger partial charge in [-0.3, -0.25) is 4.90 Å². The van der Waals surface area contributed by atoms with E-state index >= 15 is 0 Å². The largest absolute Gasteiger partial charge is 0.495 e. The number of rotatable bonds is 6. The van der Waals surface area contributed by atoms with Crippen molar-refractivity contribution in [1.82, 2.24) is 9.21 Å². The predicted molar refractivity (Wildman–Crippen MR) is 85.1 cm³/mol. The van der Waals surface area contributed by atoms with Crippen LogP contribution >= 0.6 is 11.6 Å². The molecule has 1 aliphatic rings. The van der Waals surface area contributed by atoms with Gasteiger partial charge in [0.15, 0.2) is 0 Å². The Morgan fingerprint density at radius 1 is 1.36 bits per heavy atom. The zero-order valence-electron chi connectivity index (χ0n) is 12.8. The first-order chi connectivity index (χ1) is 10.4. The fourth-order valence-electron chi connectivity index (χ4n) is 2.25. The van der Waals surface area contributed by atoms with Crippen LogP contribution in [0.25, 0.3) is 0 Å². The molecule has 1 saturated heterocycles. The fraction of sp³-hybridized carbons (Fsp3) is 0.571. The average molecular weight is 349 g/mol. The molecule has 1 fully saturated rings. The summed E-state index contributed by atoms with van der Waals surface area (Å²) >= 11 is 5.92. The summed E-state index contributed by atoms with van der Waals surface area (Å²) in [6.45, 7) is 4.11. The first-order valence-electron chi connectivity index (χ1n) is 7.05. The van der Waals surface area contributed by atoms with Crippen molar-refractivity contribution in [2.24, 2.45) is 0 Å². The van der Waals surface area contributed by atoms with E-state index in [4.69, 9.17) is 21.1 Å². The lowest BCUT2D eigenvalue weighted by Gasteiger charge is -2.28. The van der Waals surface area contributed by atoms with Gasteiger partial charge in [0.25, 0.3) is 0 Å². The van der Waals surface area contributed by atoms with Gasteiger partial charge >= 0.3 is 0 Å². The number of hydrogen-bond donors (Lipinski definition) is 0. The molecule has 0 radical (unpaired) electrons. The number of ether oxygens (including phenoxy) is 2. The summed E-state index contributed by atoms with van der Waals surface area (Å²) in [6.07, 6.45) is 0. The zero-order chi connectivity index (χ0) is 16.2. The Balaban J connectivity index is 2.10. The molecular formula is C14H21ClN2O4S. The van der Waals surface area contributed by atoms with Crippen LogP contribution in [0.2, 0.25) is 5.02 Å². The number of hydrogen-bond acceptors (Lipinski definition) is 5. The normalized spacial score (nSPS) is 16.9. The summed E-state index contributed by atoms with van der Waals surface area (Å²) in [5.74, 6) is 0.294. The van der Waals surface area contributed by atoms with E-state index in [9.17, 15) is 8.42 Å². The highest BCUT2D eigenvalue weighted by Crippen LogP contribution is 2.29. The van der Waals surface area contributed by atoms with E-state index < -0.39 is 10.0 Å². The van der Waals surface area contributed by atoms with Gasteiger partial charge < -0.3 is 9.47 Å². The van der Waals surface area contributed by atoms with Crippen molar-refractivity contribution in [3.05, 3.63) is 23.2 Å². The second-order valence-corrected chi connectivity index (χ2v) is 7.53. The highest BCUT2D eigenvalue weighted by molar-refractivity contribution is 7.89. The molecule has 0 spiro atoms. The van der Waals surface area contributed by atoms with Crippen LogP contribution in [0.5, 0.6) is 5.75 Å². The van der Waals surface area contributed by atoms with Crippen LogP contribution in [0.3, 0.4) is 0 Å². The summed E-state index contributed by atoms with van der Waals surface area (Å²) in [7, 11) is -0.633. The lowest BCUT2D eigenvalue weighted by Crippen LogP contribution is -2.41. The van der Waals surface area contributed by atoms with Gasteiger partial charge in [0.05, 0.1) is 20.3 Å². The molecule has 0 bridgehead atoms. The minimum Gasteiger partial charge on any atom is -0.495 e. The number of benzene rings is 1. The van der Waals surface area contributed by atoms with Crippen molar-refractivity contribution in [1.29, 1.82) is 0 Å². The van der Waals surface area contributed by atoms with E-state index in [0.717, 1.165) is 13.1 Å². The molecule has 1 aromatic carbocycles.